The van der Waals surface area contributed by atoms with Gasteiger partial charge < -0.3 is 4.98 Å². The van der Waals surface area contributed by atoms with Gasteiger partial charge in [-0.1, -0.05) is 42.2 Å². The molecule has 4 nitrogen and oxygen atoms in total. The minimum Gasteiger partial charge on any atom is -0.331 e. The fourth-order valence-corrected chi connectivity index (χ4v) is 2.39. The van der Waals surface area contributed by atoms with Crippen LogP contribution in [0.15, 0.2) is 59.4 Å². The highest BCUT2D eigenvalue weighted by Crippen LogP contribution is 2.19. The number of nitriles is 1. The Morgan fingerprint density at radius 1 is 0.875 bits per heavy atom. The first-order valence-corrected chi connectivity index (χ1v) is 7.52. The van der Waals surface area contributed by atoms with Gasteiger partial charge in [0.05, 0.1) is 5.69 Å². The lowest BCUT2D eigenvalue weighted by Crippen LogP contribution is -2.13. The maximum absolute atomic E-state index is 11.8. The van der Waals surface area contributed by atoms with E-state index in [1.54, 1.807) is 12.1 Å². The molecular formula is C19H11N3OS. The van der Waals surface area contributed by atoms with Gasteiger partial charge >= 0.3 is 0 Å². The summed E-state index contributed by atoms with van der Waals surface area (Å²) in [7, 11) is 0. The molecule has 5 heteroatoms. The quantitative estimate of drug-likeness (QED) is 0.531. The van der Waals surface area contributed by atoms with Crippen LogP contribution in [-0.4, -0.2) is 9.97 Å². The Morgan fingerprint density at radius 2 is 1.50 bits per heavy atom. The summed E-state index contributed by atoms with van der Waals surface area (Å²) in [6.45, 7) is 0. The number of benzene rings is 2. The number of H-pyrrole nitrogens is 2. The van der Waals surface area contributed by atoms with Gasteiger partial charge in [0.1, 0.15) is 11.6 Å². The first-order chi connectivity index (χ1) is 11.7. The molecule has 0 unspecified atom stereocenters. The molecule has 0 aliphatic rings. The molecule has 2 N–H and O–H groups in total. The lowest BCUT2D eigenvalue weighted by Gasteiger charge is -2.04. The zero-order chi connectivity index (χ0) is 16.9. The average molecular weight is 329 g/mol. The van der Waals surface area contributed by atoms with Gasteiger partial charge in [-0.25, -0.2) is 0 Å². The van der Waals surface area contributed by atoms with Gasteiger partial charge in [0.15, 0.2) is 4.77 Å². The number of aromatic nitrogens is 2. The Hall–Kier alpha value is -3.41. The minimum absolute atomic E-state index is 0.00622. The standard InChI is InChI=1S/C19H11N3OS/c20-12-16-17(21-19(24)22-18(16)23)15-10-8-14(9-11-15)7-6-13-4-2-1-3-5-13/h1-5,8-11H,(H2,21,22,23,24). The summed E-state index contributed by atoms with van der Waals surface area (Å²) in [4.78, 5) is 17.1. The molecule has 0 aliphatic carbocycles. The van der Waals surface area contributed by atoms with E-state index < -0.39 is 5.56 Å². The van der Waals surface area contributed by atoms with Gasteiger partial charge in [-0.3, -0.25) is 9.78 Å². The molecule has 0 aliphatic heterocycles. The second kappa shape index (κ2) is 6.78. The number of nitrogens with zero attached hydrogens (tertiary/aromatic N) is 1. The summed E-state index contributed by atoms with van der Waals surface area (Å²) in [6.07, 6.45) is 0. The monoisotopic (exact) mass is 329 g/mol. The van der Waals surface area contributed by atoms with E-state index in [4.69, 9.17) is 17.5 Å². The molecule has 0 fully saturated rings. The smallest absolute Gasteiger partial charge is 0.270 e. The maximum atomic E-state index is 11.8. The van der Waals surface area contributed by atoms with Crippen molar-refractivity contribution in [1.82, 2.24) is 9.97 Å². The number of hydrogen-bond acceptors (Lipinski definition) is 3. The second-order valence-electron chi connectivity index (χ2n) is 4.96. The van der Waals surface area contributed by atoms with Gasteiger partial charge in [-0.15, -0.1) is 0 Å². The molecule has 2 aromatic carbocycles. The fourth-order valence-electron chi connectivity index (χ4n) is 2.20. The van der Waals surface area contributed by atoms with Crippen LogP contribution in [0.4, 0.5) is 0 Å². The van der Waals surface area contributed by atoms with Gasteiger partial charge in [-0.05, 0) is 42.0 Å². The van der Waals surface area contributed by atoms with E-state index in [9.17, 15) is 4.79 Å². The number of aromatic amines is 2. The summed E-state index contributed by atoms with van der Waals surface area (Å²) in [5, 5.41) is 9.17. The van der Waals surface area contributed by atoms with Crippen molar-refractivity contribution in [2.24, 2.45) is 0 Å². The lowest BCUT2D eigenvalue weighted by atomic mass is 10.1. The normalized spacial score (nSPS) is 9.62. The first kappa shape index (κ1) is 15.5. The fraction of sp³-hybridized carbons (Fsp3) is 0. The zero-order valence-electron chi connectivity index (χ0n) is 12.5. The third kappa shape index (κ3) is 3.33. The van der Waals surface area contributed by atoms with Crippen molar-refractivity contribution >= 4 is 12.2 Å². The van der Waals surface area contributed by atoms with Crippen LogP contribution in [0.25, 0.3) is 11.3 Å². The van der Waals surface area contributed by atoms with Gasteiger partial charge in [0, 0.05) is 11.1 Å². The van der Waals surface area contributed by atoms with Crippen molar-refractivity contribution in [3.8, 4) is 29.2 Å². The van der Waals surface area contributed by atoms with E-state index in [1.807, 2.05) is 48.5 Å². The minimum atomic E-state index is -0.496. The topological polar surface area (TPSA) is 72.4 Å². The summed E-state index contributed by atoms with van der Waals surface area (Å²) >= 11 is 4.97. The molecule has 0 spiro atoms. The van der Waals surface area contributed by atoms with Crippen LogP contribution in [0.2, 0.25) is 0 Å². The molecule has 0 radical (unpaired) electrons. The average Bonchev–Trinajstić information content (AvgIpc) is 2.61. The zero-order valence-corrected chi connectivity index (χ0v) is 13.3. The molecule has 0 bridgehead atoms. The van der Waals surface area contributed by atoms with Crippen LogP contribution in [0.5, 0.6) is 0 Å². The van der Waals surface area contributed by atoms with Crippen molar-refractivity contribution < 1.29 is 0 Å². The SMILES string of the molecule is N#Cc1c(-c2ccc(C#Cc3ccccc3)cc2)[nH]c(=S)[nH]c1=O. The molecule has 114 valence electrons. The molecule has 0 amide bonds. The van der Waals surface area contributed by atoms with E-state index in [0.717, 1.165) is 11.1 Å². The van der Waals surface area contributed by atoms with Crippen LogP contribution >= 0.6 is 12.2 Å². The second-order valence-corrected chi connectivity index (χ2v) is 5.37. The summed E-state index contributed by atoms with van der Waals surface area (Å²) in [5.41, 5.74) is 2.40. The predicted molar refractivity (Wildman–Crippen MR) is 94.8 cm³/mol. The number of rotatable bonds is 1. The third-order valence-electron chi connectivity index (χ3n) is 3.35. The van der Waals surface area contributed by atoms with E-state index >= 15 is 0 Å². The molecule has 3 rings (SSSR count). The summed E-state index contributed by atoms with van der Waals surface area (Å²) in [6, 6.07) is 18.9. The predicted octanol–water partition coefficient (Wildman–Crippen LogP) is 3.37. The van der Waals surface area contributed by atoms with E-state index in [1.165, 1.54) is 0 Å². The number of hydrogen-bond donors (Lipinski definition) is 2. The van der Waals surface area contributed by atoms with Crippen LogP contribution in [0.3, 0.4) is 0 Å². The Bertz CT molecular complexity index is 1090. The van der Waals surface area contributed by atoms with E-state index in [-0.39, 0.29) is 10.3 Å². The number of nitrogens with one attached hydrogen (secondary N) is 2. The van der Waals surface area contributed by atoms with Crippen molar-refractivity contribution in [2.45, 2.75) is 0 Å². The van der Waals surface area contributed by atoms with Gasteiger partial charge in [0.25, 0.3) is 5.56 Å². The van der Waals surface area contributed by atoms with Crippen molar-refractivity contribution in [3.63, 3.8) is 0 Å². The Labute approximate surface area is 143 Å². The highest BCUT2D eigenvalue weighted by molar-refractivity contribution is 7.71. The maximum Gasteiger partial charge on any atom is 0.270 e. The molecule has 0 saturated carbocycles. The van der Waals surface area contributed by atoms with E-state index in [2.05, 4.69) is 21.8 Å². The molecular weight excluding hydrogens is 318 g/mol. The molecule has 0 saturated heterocycles. The van der Waals surface area contributed by atoms with Crippen molar-refractivity contribution in [3.05, 3.63) is 86.4 Å². The molecule has 24 heavy (non-hydrogen) atoms. The first-order valence-electron chi connectivity index (χ1n) is 7.11. The van der Waals surface area contributed by atoms with Crippen molar-refractivity contribution in [1.29, 1.82) is 5.26 Å². The van der Waals surface area contributed by atoms with Gasteiger partial charge in [0.2, 0.25) is 0 Å². The summed E-state index contributed by atoms with van der Waals surface area (Å²) in [5.74, 6) is 6.16. The highest BCUT2D eigenvalue weighted by atomic mass is 32.1. The van der Waals surface area contributed by atoms with Crippen LogP contribution in [0.1, 0.15) is 16.7 Å². The summed E-state index contributed by atoms with van der Waals surface area (Å²) < 4.78 is 0.182. The van der Waals surface area contributed by atoms with Crippen LogP contribution < -0.4 is 5.56 Å². The van der Waals surface area contributed by atoms with E-state index in [0.29, 0.717) is 11.3 Å². The molecule has 0 atom stereocenters. The largest absolute Gasteiger partial charge is 0.331 e. The Kier molecular flexibility index (Phi) is 4.38. The van der Waals surface area contributed by atoms with Crippen molar-refractivity contribution in [2.75, 3.05) is 0 Å². The van der Waals surface area contributed by atoms with Gasteiger partial charge in [-0.2, -0.15) is 5.26 Å². The van der Waals surface area contributed by atoms with Crippen LogP contribution in [0, 0.1) is 27.9 Å². The Balaban J connectivity index is 1.97. The lowest BCUT2D eigenvalue weighted by molar-refractivity contribution is 1.08. The molecule has 1 aromatic heterocycles. The Morgan fingerprint density at radius 3 is 2.12 bits per heavy atom. The highest BCUT2D eigenvalue weighted by Gasteiger charge is 2.09. The van der Waals surface area contributed by atoms with Crippen LogP contribution in [-0.2, 0) is 0 Å². The molecule has 3 aromatic rings. The molecule has 1 heterocycles. The third-order valence-corrected chi connectivity index (χ3v) is 3.56.